The molecule has 1 fully saturated rings. The fourth-order valence-corrected chi connectivity index (χ4v) is 4.88. The van der Waals surface area contributed by atoms with Gasteiger partial charge in [-0.1, -0.05) is 0 Å². The Balaban J connectivity index is 0.00000136. The highest BCUT2D eigenvalue weighted by molar-refractivity contribution is 5.85. The second-order valence-electron chi connectivity index (χ2n) is 8.22. The van der Waals surface area contributed by atoms with Gasteiger partial charge < -0.3 is 5.73 Å². The molecular weight excluding hydrogens is 450 g/mol. The first-order valence-electron chi connectivity index (χ1n) is 9.88. The minimum absolute atomic E-state index is 0. The van der Waals surface area contributed by atoms with Crippen LogP contribution in [-0.2, 0) is 13.1 Å². The number of nitrogens with zero attached hydrogens (tertiary/aromatic N) is 4. The van der Waals surface area contributed by atoms with Crippen molar-refractivity contribution < 1.29 is 13.2 Å². The maximum absolute atomic E-state index is 14.2. The van der Waals surface area contributed by atoms with Crippen molar-refractivity contribution in [2.24, 2.45) is 5.73 Å². The number of rotatable bonds is 2. The summed E-state index contributed by atoms with van der Waals surface area (Å²) in [6.07, 6.45) is 4.04. The smallest absolute Gasteiger partial charge is 0.161 e. The second-order valence-corrected chi connectivity index (χ2v) is 8.22. The highest BCUT2D eigenvalue weighted by atomic mass is 35.5. The maximum Gasteiger partial charge on any atom is 0.161 e. The van der Waals surface area contributed by atoms with Crippen molar-refractivity contribution in [2.75, 3.05) is 0 Å². The van der Waals surface area contributed by atoms with E-state index in [1.54, 1.807) is 0 Å². The van der Waals surface area contributed by atoms with E-state index in [-0.39, 0.29) is 48.4 Å². The van der Waals surface area contributed by atoms with Gasteiger partial charge in [0.05, 0.1) is 11.4 Å². The molecule has 5 nitrogen and oxygen atoms in total. The Hall–Kier alpha value is -1.87. The molecule has 3 heterocycles. The number of hydrogen-bond donors (Lipinski definition) is 1. The number of hydrogen-bond acceptors (Lipinski definition) is 4. The molecule has 1 aromatic carbocycles. The molecule has 0 amide bonds. The molecule has 3 atom stereocenters. The number of fused-ring (bicyclic) bond motifs is 3. The first kappa shape index (κ1) is 23.8. The van der Waals surface area contributed by atoms with Crippen molar-refractivity contribution in [3.05, 3.63) is 64.4 Å². The molecule has 3 aromatic rings. The topological polar surface area (TPSA) is 59.5 Å². The number of halogens is 5. The first-order chi connectivity index (χ1) is 13.9. The van der Waals surface area contributed by atoms with Crippen LogP contribution < -0.4 is 5.73 Å². The molecule has 5 rings (SSSR count). The molecule has 2 aromatic heterocycles. The van der Waals surface area contributed by atoms with Gasteiger partial charge in [0.1, 0.15) is 5.82 Å². The quantitative estimate of drug-likeness (QED) is 0.564. The maximum atomic E-state index is 14.2. The largest absolute Gasteiger partial charge is 0.327 e. The normalized spacial score (nSPS) is 23.3. The molecule has 0 spiro atoms. The molecule has 1 saturated carbocycles. The Morgan fingerprint density at radius 1 is 1.00 bits per heavy atom. The molecule has 1 aliphatic heterocycles. The van der Waals surface area contributed by atoms with Crippen molar-refractivity contribution in [3.63, 3.8) is 0 Å². The monoisotopic (exact) mass is 473 g/mol. The fourth-order valence-electron chi connectivity index (χ4n) is 4.88. The van der Waals surface area contributed by atoms with Gasteiger partial charge in [0, 0.05) is 55.0 Å². The first-order valence-corrected chi connectivity index (χ1v) is 9.88. The number of aryl methyl sites for hydroxylation is 1. The van der Waals surface area contributed by atoms with E-state index in [0.717, 1.165) is 48.2 Å². The molecule has 1 unspecified atom stereocenters. The van der Waals surface area contributed by atoms with Crippen molar-refractivity contribution in [1.29, 1.82) is 0 Å². The summed E-state index contributed by atoms with van der Waals surface area (Å²) in [5.74, 6) is -3.23. The Labute approximate surface area is 190 Å². The van der Waals surface area contributed by atoms with E-state index >= 15 is 0 Å². The van der Waals surface area contributed by atoms with E-state index in [4.69, 9.17) is 5.73 Å². The van der Waals surface area contributed by atoms with Crippen LogP contribution in [0.15, 0.2) is 24.4 Å². The van der Waals surface area contributed by atoms with Crippen LogP contribution in [0.3, 0.4) is 0 Å². The molecule has 10 heteroatoms. The lowest BCUT2D eigenvalue weighted by Crippen LogP contribution is -2.44. The Bertz CT molecular complexity index is 1110. The van der Waals surface area contributed by atoms with E-state index in [1.165, 1.54) is 0 Å². The number of nitrogens with two attached hydrogens (primary N) is 1. The third-order valence-electron chi connectivity index (χ3n) is 6.35. The van der Waals surface area contributed by atoms with Crippen LogP contribution in [0.5, 0.6) is 0 Å². The lowest BCUT2D eigenvalue weighted by molar-refractivity contribution is 0.136. The summed E-state index contributed by atoms with van der Waals surface area (Å²) in [4.78, 5) is 6.85. The summed E-state index contributed by atoms with van der Waals surface area (Å²) in [5.41, 5.74) is 10.6. The Morgan fingerprint density at radius 3 is 2.48 bits per heavy atom. The van der Waals surface area contributed by atoms with Gasteiger partial charge in [-0.15, -0.1) is 24.8 Å². The van der Waals surface area contributed by atoms with Crippen molar-refractivity contribution >= 4 is 30.5 Å². The van der Waals surface area contributed by atoms with Gasteiger partial charge >= 0.3 is 0 Å². The van der Waals surface area contributed by atoms with Gasteiger partial charge in [-0.3, -0.25) is 4.90 Å². The van der Waals surface area contributed by atoms with E-state index in [1.807, 2.05) is 23.7 Å². The van der Waals surface area contributed by atoms with Gasteiger partial charge in [-0.25, -0.2) is 22.7 Å². The lowest BCUT2D eigenvalue weighted by Gasteiger charge is -2.38. The van der Waals surface area contributed by atoms with E-state index < -0.39 is 17.5 Å². The molecule has 168 valence electrons. The summed E-state index contributed by atoms with van der Waals surface area (Å²) in [5, 5.41) is 4.55. The van der Waals surface area contributed by atoms with Crippen LogP contribution in [0.4, 0.5) is 13.2 Å². The average Bonchev–Trinajstić information content (AvgIpc) is 3.27. The molecule has 2 N–H and O–H groups in total. The third-order valence-corrected chi connectivity index (χ3v) is 6.35. The zero-order valence-electron chi connectivity index (χ0n) is 16.9. The van der Waals surface area contributed by atoms with Gasteiger partial charge in [-0.2, -0.15) is 5.10 Å². The zero-order chi connectivity index (χ0) is 20.3. The van der Waals surface area contributed by atoms with Crippen LogP contribution in [0.25, 0.3) is 5.65 Å². The zero-order valence-corrected chi connectivity index (χ0v) is 18.5. The van der Waals surface area contributed by atoms with Crippen LogP contribution in [0.2, 0.25) is 0 Å². The molecule has 0 saturated heterocycles. The predicted molar refractivity (Wildman–Crippen MR) is 116 cm³/mol. The van der Waals surface area contributed by atoms with Crippen LogP contribution in [-0.4, -0.2) is 31.6 Å². The van der Waals surface area contributed by atoms with Gasteiger partial charge in [-0.05, 0) is 37.8 Å². The average molecular weight is 474 g/mol. The summed E-state index contributed by atoms with van der Waals surface area (Å²) >= 11 is 0. The van der Waals surface area contributed by atoms with E-state index in [2.05, 4.69) is 15.0 Å². The summed E-state index contributed by atoms with van der Waals surface area (Å²) in [6.45, 7) is 3.49. The fraction of sp³-hybridized carbons (Fsp3) is 0.429. The molecular formula is C21H24Cl2F3N5. The van der Waals surface area contributed by atoms with Crippen LogP contribution in [0, 0.1) is 24.4 Å². The minimum Gasteiger partial charge on any atom is -0.327 e. The Morgan fingerprint density at radius 2 is 1.74 bits per heavy atom. The van der Waals surface area contributed by atoms with Crippen molar-refractivity contribution in [3.8, 4) is 0 Å². The summed E-state index contributed by atoms with van der Waals surface area (Å²) < 4.78 is 43.0. The highest BCUT2D eigenvalue weighted by Gasteiger charge is 2.36. The van der Waals surface area contributed by atoms with E-state index in [0.29, 0.717) is 18.9 Å². The summed E-state index contributed by atoms with van der Waals surface area (Å²) in [6, 6.07) is 3.46. The Kier molecular flexibility index (Phi) is 6.86. The molecule has 0 radical (unpaired) electrons. The molecule has 2 aliphatic rings. The minimum atomic E-state index is -1.17. The van der Waals surface area contributed by atoms with Gasteiger partial charge in [0.15, 0.2) is 17.3 Å². The van der Waals surface area contributed by atoms with Gasteiger partial charge in [0.25, 0.3) is 0 Å². The number of aromatic nitrogens is 3. The summed E-state index contributed by atoms with van der Waals surface area (Å²) in [7, 11) is 0. The standard InChI is InChI=1S/C21H22F3N5.2ClH/c1-11-4-21-26-8-12-9-28(10-20(12)29(21)27-11)13-2-3-14(19(25)5-13)15-6-17(23)18(24)7-16(15)22;;/h4,6-8,13-14,19H,2-3,5,9-10,25H2,1H3;2*1H/t13-,14?,19-;;/m0../s1. The molecule has 0 bridgehead atoms. The van der Waals surface area contributed by atoms with Crippen LogP contribution in [0.1, 0.15) is 47.7 Å². The number of benzene rings is 1. The molecule has 31 heavy (non-hydrogen) atoms. The lowest BCUT2D eigenvalue weighted by atomic mass is 9.77. The third kappa shape index (κ3) is 4.14. The highest BCUT2D eigenvalue weighted by Crippen LogP contribution is 2.38. The van der Waals surface area contributed by atoms with Crippen molar-refractivity contribution in [2.45, 2.75) is 57.3 Å². The molecule has 1 aliphatic carbocycles. The van der Waals surface area contributed by atoms with Crippen molar-refractivity contribution in [1.82, 2.24) is 19.5 Å². The SMILES string of the molecule is Cc1cc2ncc3c(n2n1)CN([C@H]1CCC(c2cc(F)c(F)cc2F)[C@@H](N)C1)C3.Cl.Cl. The second kappa shape index (κ2) is 8.94. The van der Waals surface area contributed by atoms with E-state index in [9.17, 15) is 13.2 Å². The van der Waals surface area contributed by atoms with Crippen LogP contribution >= 0.6 is 24.8 Å². The predicted octanol–water partition coefficient (Wildman–Crippen LogP) is 4.28. The van der Waals surface area contributed by atoms with Gasteiger partial charge in [0.2, 0.25) is 0 Å².